The topological polar surface area (TPSA) is 48.5 Å². The van der Waals surface area contributed by atoms with Crippen LogP contribution in [0, 0.1) is 5.92 Å². The van der Waals surface area contributed by atoms with Gasteiger partial charge >= 0.3 is 0 Å². The lowest BCUT2D eigenvalue weighted by molar-refractivity contribution is 0.0948. The third kappa shape index (κ3) is 3.85. The average molecular weight is 324 g/mol. The number of anilines is 2. The van der Waals surface area contributed by atoms with Crippen molar-refractivity contribution >= 4 is 17.4 Å². The molecule has 3 rings (SSSR count). The highest BCUT2D eigenvalue weighted by Gasteiger charge is 2.23. The summed E-state index contributed by atoms with van der Waals surface area (Å²) < 4.78 is 0. The molecule has 0 aliphatic carbocycles. The predicted octanol–water partition coefficient (Wildman–Crippen LogP) is 2.40. The number of hydrogen-bond acceptors (Lipinski definition) is 4. The van der Waals surface area contributed by atoms with Crippen molar-refractivity contribution in [3.63, 3.8) is 0 Å². The van der Waals surface area contributed by atoms with Crippen LogP contribution in [0.3, 0.4) is 0 Å². The quantitative estimate of drug-likeness (QED) is 0.917. The monoisotopic (exact) mass is 324 g/mol. The van der Waals surface area contributed by atoms with Crippen molar-refractivity contribution < 1.29 is 4.79 Å². The van der Waals surface area contributed by atoms with Crippen molar-refractivity contribution in [2.45, 2.75) is 6.42 Å². The molecule has 0 unspecified atom stereocenters. The molecule has 1 aliphatic rings. The Morgan fingerprint density at radius 3 is 2.71 bits per heavy atom. The van der Waals surface area contributed by atoms with E-state index in [4.69, 9.17) is 0 Å². The fourth-order valence-corrected chi connectivity index (χ4v) is 3.00. The number of carbonyl (C=O) groups excluding carboxylic acids is 1. The first-order valence-corrected chi connectivity index (χ1v) is 8.35. The predicted molar refractivity (Wildman–Crippen MR) is 97.7 cm³/mol. The zero-order chi connectivity index (χ0) is 16.9. The van der Waals surface area contributed by atoms with Crippen LogP contribution < -0.4 is 15.1 Å². The van der Waals surface area contributed by atoms with Gasteiger partial charge in [0, 0.05) is 45.6 Å². The number of nitrogens with one attached hydrogen (secondary N) is 1. The van der Waals surface area contributed by atoms with E-state index in [0.717, 1.165) is 25.3 Å². The maximum Gasteiger partial charge on any atom is 0.252 e. The molecule has 5 heteroatoms. The standard InChI is InChI=1S/C19H24N4O/c1-22(2)18-9-8-16(13-20-18)19(24)21-12-15-10-11-23(14-15)17-6-4-3-5-7-17/h3-9,13,15H,10-12,14H2,1-2H3,(H,21,24)/t15-/m0/s1. The number of amides is 1. The molecule has 1 aliphatic heterocycles. The molecule has 1 fully saturated rings. The molecule has 5 nitrogen and oxygen atoms in total. The Balaban J connectivity index is 1.50. The van der Waals surface area contributed by atoms with E-state index >= 15 is 0 Å². The van der Waals surface area contributed by atoms with E-state index in [1.165, 1.54) is 5.69 Å². The highest BCUT2D eigenvalue weighted by atomic mass is 16.1. The summed E-state index contributed by atoms with van der Waals surface area (Å²) in [6.07, 6.45) is 2.74. The third-order valence-corrected chi connectivity index (χ3v) is 4.43. The molecule has 1 saturated heterocycles. The maximum atomic E-state index is 12.3. The van der Waals surface area contributed by atoms with Crippen molar-refractivity contribution in [2.24, 2.45) is 5.92 Å². The Bertz CT molecular complexity index is 670. The molecule has 0 saturated carbocycles. The van der Waals surface area contributed by atoms with E-state index < -0.39 is 0 Å². The van der Waals surface area contributed by atoms with Crippen molar-refractivity contribution in [2.75, 3.05) is 43.5 Å². The van der Waals surface area contributed by atoms with E-state index in [-0.39, 0.29) is 5.91 Å². The number of benzene rings is 1. The second-order valence-electron chi connectivity index (χ2n) is 6.45. The van der Waals surface area contributed by atoms with Crippen LogP contribution in [0.4, 0.5) is 11.5 Å². The van der Waals surface area contributed by atoms with Crippen LogP contribution >= 0.6 is 0 Å². The second-order valence-corrected chi connectivity index (χ2v) is 6.45. The third-order valence-electron chi connectivity index (χ3n) is 4.43. The summed E-state index contributed by atoms with van der Waals surface area (Å²) in [6, 6.07) is 14.1. The van der Waals surface area contributed by atoms with E-state index in [1.807, 2.05) is 37.2 Å². The molecule has 0 spiro atoms. The van der Waals surface area contributed by atoms with Crippen LogP contribution in [0.15, 0.2) is 48.7 Å². The number of para-hydroxylation sites is 1. The lowest BCUT2D eigenvalue weighted by Gasteiger charge is -2.18. The summed E-state index contributed by atoms with van der Waals surface area (Å²) in [7, 11) is 3.86. The molecule has 2 aromatic rings. The van der Waals surface area contributed by atoms with Gasteiger partial charge in [-0.25, -0.2) is 4.98 Å². The summed E-state index contributed by atoms with van der Waals surface area (Å²) in [5.74, 6) is 1.29. The lowest BCUT2D eigenvalue weighted by atomic mass is 10.1. The molecule has 126 valence electrons. The fourth-order valence-electron chi connectivity index (χ4n) is 3.00. The van der Waals surface area contributed by atoms with Crippen molar-refractivity contribution in [3.05, 3.63) is 54.2 Å². The van der Waals surface area contributed by atoms with Gasteiger partial charge in [0.15, 0.2) is 0 Å². The highest BCUT2D eigenvalue weighted by Crippen LogP contribution is 2.23. The number of pyridine rings is 1. The van der Waals surface area contributed by atoms with Crippen LogP contribution in [-0.2, 0) is 0 Å². The summed E-state index contributed by atoms with van der Waals surface area (Å²) in [4.78, 5) is 20.8. The van der Waals surface area contributed by atoms with Gasteiger partial charge in [0.25, 0.3) is 5.91 Å². The zero-order valence-electron chi connectivity index (χ0n) is 14.3. The smallest absolute Gasteiger partial charge is 0.252 e. The van der Waals surface area contributed by atoms with E-state index in [0.29, 0.717) is 18.0 Å². The average Bonchev–Trinajstić information content (AvgIpc) is 3.09. The minimum absolute atomic E-state index is 0.0500. The zero-order valence-corrected chi connectivity index (χ0v) is 14.3. The number of rotatable bonds is 5. The van der Waals surface area contributed by atoms with Gasteiger partial charge in [-0.15, -0.1) is 0 Å². The lowest BCUT2D eigenvalue weighted by Crippen LogP contribution is -2.31. The Morgan fingerprint density at radius 2 is 2.04 bits per heavy atom. The normalized spacial score (nSPS) is 16.9. The largest absolute Gasteiger partial charge is 0.371 e. The molecule has 2 heterocycles. The van der Waals surface area contributed by atoms with E-state index in [9.17, 15) is 4.79 Å². The van der Waals surface area contributed by atoms with Gasteiger partial charge in [-0.05, 0) is 36.6 Å². The molecule has 0 radical (unpaired) electrons. The summed E-state index contributed by atoms with van der Waals surface area (Å²) in [6.45, 7) is 2.74. The van der Waals surface area contributed by atoms with E-state index in [1.54, 1.807) is 6.20 Å². The van der Waals surface area contributed by atoms with E-state index in [2.05, 4.69) is 39.5 Å². The Morgan fingerprint density at radius 1 is 1.25 bits per heavy atom. The first-order valence-electron chi connectivity index (χ1n) is 8.35. The Labute approximate surface area is 143 Å². The maximum absolute atomic E-state index is 12.3. The van der Waals surface area contributed by atoms with Crippen molar-refractivity contribution in [1.82, 2.24) is 10.3 Å². The molecular formula is C19H24N4O. The van der Waals surface area contributed by atoms with Crippen LogP contribution in [0.5, 0.6) is 0 Å². The molecule has 1 atom stereocenters. The van der Waals surface area contributed by atoms with Gasteiger partial charge in [0.2, 0.25) is 0 Å². The molecule has 1 aromatic heterocycles. The number of carbonyl (C=O) groups is 1. The number of nitrogens with zero attached hydrogens (tertiary/aromatic N) is 3. The highest BCUT2D eigenvalue weighted by molar-refractivity contribution is 5.94. The van der Waals surface area contributed by atoms with Gasteiger partial charge in [0.05, 0.1) is 5.56 Å². The van der Waals surface area contributed by atoms with Gasteiger partial charge < -0.3 is 15.1 Å². The van der Waals surface area contributed by atoms with Crippen molar-refractivity contribution in [1.29, 1.82) is 0 Å². The second kappa shape index (κ2) is 7.34. The first kappa shape index (κ1) is 16.3. The summed E-state index contributed by atoms with van der Waals surface area (Å²) in [5, 5.41) is 3.04. The van der Waals surface area contributed by atoms with Gasteiger partial charge in [-0.3, -0.25) is 4.79 Å². The SMILES string of the molecule is CN(C)c1ccc(C(=O)NC[C@@H]2CCN(c3ccccc3)C2)cn1. The minimum atomic E-state index is -0.0500. The molecule has 1 amide bonds. The van der Waals surface area contributed by atoms with Gasteiger partial charge in [0.1, 0.15) is 5.82 Å². The molecule has 0 bridgehead atoms. The van der Waals surface area contributed by atoms with Crippen molar-refractivity contribution in [3.8, 4) is 0 Å². The minimum Gasteiger partial charge on any atom is -0.371 e. The molecule has 24 heavy (non-hydrogen) atoms. The van der Waals surface area contributed by atoms with Crippen LogP contribution in [0.1, 0.15) is 16.8 Å². The van der Waals surface area contributed by atoms with Gasteiger partial charge in [-0.2, -0.15) is 0 Å². The van der Waals surface area contributed by atoms with Crippen LogP contribution in [-0.4, -0.2) is 44.6 Å². The molecule has 1 N–H and O–H groups in total. The summed E-state index contributed by atoms with van der Waals surface area (Å²) >= 11 is 0. The molecular weight excluding hydrogens is 300 g/mol. The molecule has 1 aromatic carbocycles. The number of hydrogen-bond donors (Lipinski definition) is 1. The van der Waals surface area contributed by atoms with Crippen LogP contribution in [0.2, 0.25) is 0 Å². The first-order chi connectivity index (χ1) is 11.6. The van der Waals surface area contributed by atoms with Gasteiger partial charge in [-0.1, -0.05) is 18.2 Å². The fraction of sp³-hybridized carbons (Fsp3) is 0.368. The van der Waals surface area contributed by atoms with Crippen LogP contribution in [0.25, 0.3) is 0 Å². The summed E-state index contributed by atoms with van der Waals surface area (Å²) in [5.41, 5.74) is 1.87. The number of aromatic nitrogens is 1. The Kier molecular flexibility index (Phi) is 4.99. The Hall–Kier alpha value is -2.56.